The van der Waals surface area contributed by atoms with Crippen LogP contribution in [0.4, 0.5) is 5.69 Å². The van der Waals surface area contributed by atoms with Crippen LogP contribution in [-0.4, -0.2) is 38.6 Å². The molecule has 1 aliphatic rings. The van der Waals surface area contributed by atoms with E-state index in [2.05, 4.69) is 58.9 Å². The Morgan fingerprint density at radius 2 is 1.84 bits per heavy atom. The SMILES string of the molecule is Cc1cc2c(c(C)c1-c1cccc3c1cnn3S(C)(=O)=O)-n1c(C)nnc1C(C)(C)N2. The van der Waals surface area contributed by atoms with E-state index in [9.17, 15) is 8.42 Å². The standard InChI is InChI=1S/C22H24N6O2S/c1-12-10-17-20(27-14(3)25-26-21(27)22(4,5)24-17)13(2)19(12)15-8-7-9-18-16(15)11-23-28(18)31(6,29)30/h7-11,24H,1-6H3. The quantitative estimate of drug-likeness (QED) is 0.515. The summed E-state index contributed by atoms with van der Waals surface area (Å²) in [7, 11) is -3.50. The number of nitrogens with one attached hydrogen (secondary N) is 1. The maximum absolute atomic E-state index is 12.2. The molecule has 0 bridgehead atoms. The van der Waals surface area contributed by atoms with Gasteiger partial charge in [0, 0.05) is 5.39 Å². The summed E-state index contributed by atoms with van der Waals surface area (Å²) in [5, 5.41) is 17.3. The van der Waals surface area contributed by atoms with Crippen LogP contribution in [0.5, 0.6) is 0 Å². The number of benzene rings is 2. The molecule has 0 fully saturated rings. The Balaban J connectivity index is 1.84. The normalized spacial score (nSPS) is 14.9. The fourth-order valence-electron chi connectivity index (χ4n) is 4.71. The van der Waals surface area contributed by atoms with Gasteiger partial charge in [-0.25, -0.2) is 8.42 Å². The van der Waals surface area contributed by atoms with Crippen molar-refractivity contribution >= 4 is 26.6 Å². The Morgan fingerprint density at radius 3 is 2.55 bits per heavy atom. The van der Waals surface area contributed by atoms with Crippen LogP contribution in [0.25, 0.3) is 27.7 Å². The fraction of sp³-hybridized carbons (Fsp3) is 0.318. The van der Waals surface area contributed by atoms with Gasteiger partial charge in [0.1, 0.15) is 5.82 Å². The first kappa shape index (κ1) is 19.7. The minimum atomic E-state index is -3.50. The van der Waals surface area contributed by atoms with E-state index < -0.39 is 10.0 Å². The largest absolute Gasteiger partial charge is 0.371 e. The summed E-state index contributed by atoms with van der Waals surface area (Å²) in [4.78, 5) is 0. The van der Waals surface area contributed by atoms with Gasteiger partial charge in [-0.1, -0.05) is 12.1 Å². The molecule has 160 valence electrons. The Hall–Kier alpha value is -3.20. The van der Waals surface area contributed by atoms with Gasteiger partial charge in [0.25, 0.3) is 10.0 Å². The molecular weight excluding hydrogens is 412 g/mol. The average Bonchev–Trinajstić information content (AvgIpc) is 3.26. The van der Waals surface area contributed by atoms with Gasteiger partial charge >= 0.3 is 0 Å². The third kappa shape index (κ3) is 2.72. The molecule has 0 amide bonds. The zero-order valence-corrected chi connectivity index (χ0v) is 19.2. The van der Waals surface area contributed by atoms with E-state index in [1.54, 1.807) is 12.3 Å². The monoisotopic (exact) mass is 436 g/mol. The van der Waals surface area contributed by atoms with Crippen molar-refractivity contribution in [3.8, 4) is 16.8 Å². The zero-order chi connectivity index (χ0) is 22.3. The van der Waals surface area contributed by atoms with E-state index >= 15 is 0 Å². The number of fused-ring (bicyclic) bond motifs is 4. The molecule has 0 atom stereocenters. The highest BCUT2D eigenvalue weighted by Gasteiger charge is 2.35. The van der Waals surface area contributed by atoms with Gasteiger partial charge in [0.2, 0.25) is 0 Å². The Labute approximate surface area is 181 Å². The maximum Gasteiger partial charge on any atom is 0.251 e. The van der Waals surface area contributed by atoms with Gasteiger partial charge in [-0.15, -0.1) is 10.2 Å². The number of rotatable bonds is 2. The second-order valence-corrected chi connectivity index (χ2v) is 10.5. The lowest BCUT2D eigenvalue weighted by Gasteiger charge is -2.35. The highest BCUT2D eigenvalue weighted by atomic mass is 32.2. The van der Waals surface area contributed by atoms with Crippen molar-refractivity contribution in [1.29, 1.82) is 0 Å². The highest BCUT2D eigenvalue weighted by Crippen LogP contribution is 2.44. The summed E-state index contributed by atoms with van der Waals surface area (Å²) in [6, 6.07) is 7.80. The lowest BCUT2D eigenvalue weighted by molar-refractivity contribution is 0.534. The Bertz CT molecular complexity index is 1490. The van der Waals surface area contributed by atoms with Gasteiger partial charge in [0.15, 0.2) is 5.82 Å². The lowest BCUT2D eigenvalue weighted by Crippen LogP contribution is -2.36. The molecule has 0 saturated carbocycles. The number of nitrogens with zero attached hydrogens (tertiary/aromatic N) is 5. The summed E-state index contributed by atoms with van der Waals surface area (Å²) < 4.78 is 27.5. The summed E-state index contributed by atoms with van der Waals surface area (Å²) in [5.74, 6) is 1.69. The van der Waals surface area contributed by atoms with Gasteiger partial charge < -0.3 is 5.32 Å². The minimum absolute atomic E-state index is 0.356. The maximum atomic E-state index is 12.2. The molecule has 8 nitrogen and oxygen atoms in total. The van der Waals surface area contributed by atoms with E-state index in [-0.39, 0.29) is 5.54 Å². The van der Waals surface area contributed by atoms with Crippen LogP contribution in [-0.2, 0) is 15.6 Å². The van der Waals surface area contributed by atoms with Crippen LogP contribution in [0.15, 0.2) is 30.5 Å². The molecule has 0 unspecified atom stereocenters. The Morgan fingerprint density at radius 1 is 1.10 bits per heavy atom. The van der Waals surface area contributed by atoms with Crippen molar-refractivity contribution in [3.05, 3.63) is 53.2 Å². The van der Waals surface area contributed by atoms with Crippen molar-refractivity contribution in [2.75, 3.05) is 11.6 Å². The highest BCUT2D eigenvalue weighted by molar-refractivity contribution is 7.89. The minimum Gasteiger partial charge on any atom is -0.371 e. The Kier molecular flexibility index (Phi) is 3.93. The smallest absolute Gasteiger partial charge is 0.251 e. The molecule has 1 aliphatic heterocycles. The second kappa shape index (κ2) is 6.16. The number of hydrogen-bond acceptors (Lipinski definition) is 6. The lowest BCUT2D eigenvalue weighted by atomic mass is 9.89. The summed E-state index contributed by atoms with van der Waals surface area (Å²) in [6.45, 7) is 10.3. The molecule has 0 radical (unpaired) electrons. The van der Waals surface area contributed by atoms with Crippen LogP contribution >= 0.6 is 0 Å². The van der Waals surface area contributed by atoms with Crippen molar-refractivity contribution in [2.45, 2.75) is 40.2 Å². The third-order valence-electron chi connectivity index (χ3n) is 5.96. The van der Waals surface area contributed by atoms with Crippen molar-refractivity contribution in [1.82, 2.24) is 24.0 Å². The molecule has 0 aliphatic carbocycles. The molecule has 3 heterocycles. The average molecular weight is 437 g/mol. The van der Waals surface area contributed by atoms with Crippen molar-refractivity contribution in [3.63, 3.8) is 0 Å². The first-order valence-electron chi connectivity index (χ1n) is 10.0. The van der Waals surface area contributed by atoms with Crippen LogP contribution in [0, 0.1) is 20.8 Å². The fourth-order valence-corrected chi connectivity index (χ4v) is 5.44. The molecule has 2 aromatic carbocycles. The molecule has 5 rings (SSSR count). The molecular formula is C22H24N6O2S. The van der Waals surface area contributed by atoms with Crippen LogP contribution in [0.3, 0.4) is 0 Å². The van der Waals surface area contributed by atoms with Crippen LogP contribution in [0.2, 0.25) is 0 Å². The van der Waals surface area contributed by atoms with E-state index in [0.717, 1.165) is 61.0 Å². The molecule has 9 heteroatoms. The molecule has 0 spiro atoms. The second-order valence-electron chi connectivity index (χ2n) is 8.73. The first-order valence-corrected chi connectivity index (χ1v) is 11.9. The first-order chi connectivity index (χ1) is 14.5. The van der Waals surface area contributed by atoms with E-state index in [1.165, 1.54) is 0 Å². The van der Waals surface area contributed by atoms with Crippen LogP contribution < -0.4 is 5.32 Å². The van der Waals surface area contributed by atoms with Gasteiger partial charge in [-0.3, -0.25) is 4.57 Å². The van der Waals surface area contributed by atoms with E-state index in [1.807, 2.05) is 19.1 Å². The molecule has 2 aromatic heterocycles. The van der Waals surface area contributed by atoms with Crippen LogP contribution in [0.1, 0.15) is 36.6 Å². The van der Waals surface area contributed by atoms with Gasteiger partial charge in [-0.05, 0) is 69.0 Å². The van der Waals surface area contributed by atoms with Gasteiger partial charge in [0.05, 0.1) is 34.9 Å². The summed E-state index contributed by atoms with van der Waals surface area (Å²) in [5.41, 5.74) is 6.42. The summed E-state index contributed by atoms with van der Waals surface area (Å²) >= 11 is 0. The van der Waals surface area contributed by atoms with E-state index in [0.29, 0.717) is 5.52 Å². The third-order valence-corrected chi connectivity index (χ3v) is 6.88. The molecule has 31 heavy (non-hydrogen) atoms. The summed E-state index contributed by atoms with van der Waals surface area (Å²) in [6.07, 6.45) is 2.78. The van der Waals surface area contributed by atoms with Crippen molar-refractivity contribution < 1.29 is 8.42 Å². The number of aromatic nitrogens is 5. The van der Waals surface area contributed by atoms with E-state index in [4.69, 9.17) is 0 Å². The number of hydrogen-bond donors (Lipinski definition) is 1. The van der Waals surface area contributed by atoms with Gasteiger partial charge in [-0.2, -0.15) is 9.19 Å². The zero-order valence-electron chi connectivity index (χ0n) is 18.3. The number of anilines is 1. The topological polar surface area (TPSA) is 94.7 Å². The molecule has 4 aromatic rings. The molecule has 0 saturated heterocycles. The number of aryl methyl sites for hydroxylation is 2. The predicted octanol–water partition coefficient (Wildman–Crippen LogP) is 3.68. The van der Waals surface area contributed by atoms with Crippen molar-refractivity contribution in [2.24, 2.45) is 0 Å². The molecule has 1 N–H and O–H groups in total. The predicted molar refractivity (Wildman–Crippen MR) is 121 cm³/mol.